The SMILES string of the molecule is CCNC(=NCCCN(C)S(=O)(=O)CC)NCCCCC(C)C.I. The zero-order valence-corrected chi connectivity index (χ0v) is 19.1. The zero-order chi connectivity index (χ0) is 17.7. The normalized spacial score (nSPS) is 12.4. The molecule has 2 N–H and O–H groups in total. The van der Waals surface area contributed by atoms with Crippen LogP contribution in [0.5, 0.6) is 0 Å². The number of halogens is 1. The van der Waals surface area contributed by atoms with Crippen LogP contribution in [0, 0.1) is 5.92 Å². The summed E-state index contributed by atoms with van der Waals surface area (Å²) in [5.41, 5.74) is 0. The lowest BCUT2D eigenvalue weighted by atomic mass is 10.1. The predicted octanol–water partition coefficient (Wildman–Crippen LogP) is 2.66. The molecule has 0 heterocycles. The fourth-order valence-electron chi connectivity index (χ4n) is 2.07. The summed E-state index contributed by atoms with van der Waals surface area (Å²) >= 11 is 0. The molecule has 0 aliphatic rings. The van der Waals surface area contributed by atoms with Crippen molar-refractivity contribution in [1.29, 1.82) is 0 Å². The molecule has 0 saturated heterocycles. The van der Waals surface area contributed by atoms with Crippen LogP contribution < -0.4 is 10.6 Å². The molecule has 0 spiro atoms. The molecule has 0 aromatic carbocycles. The first-order valence-electron chi connectivity index (χ1n) is 8.79. The maximum absolute atomic E-state index is 11.6. The zero-order valence-electron chi connectivity index (χ0n) is 16.0. The minimum Gasteiger partial charge on any atom is -0.357 e. The lowest BCUT2D eigenvalue weighted by Gasteiger charge is -2.15. The number of nitrogens with zero attached hydrogens (tertiary/aromatic N) is 2. The second-order valence-corrected chi connectivity index (χ2v) is 8.52. The van der Waals surface area contributed by atoms with E-state index in [9.17, 15) is 8.42 Å². The lowest BCUT2D eigenvalue weighted by molar-refractivity contribution is 0.464. The Kier molecular flexibility index (Phi) is 16.5. The molecule has 24 heavy (non-hydrogen) atoms. The largest absolute Gasteiger partial charge is 0.357 e. The summed E-state index contributed by atoms with van der Waals surface area (Å²) in [7, 11) is -1.46. The van der Waals surface area contributed by atoms with E-state index in [2.05, 4.69) is 29.5 Å². The summed E-state index contributed by atoms with van der Waals surface area (Å²) in [6.07, 6.45) is 4.34. The Balaban J connectivity index is 0. The van der Waals surface area contributed by atoms with Crippen molar-refractivity contribution in [3.63, 3.8) is 0 Å². The molecule has 0 unspecified atom stereocenters. The van der Waals surface area contributed by atoms with Crippen LogP contribution in [0.2, 0.25) is 0 Å². The summed E-state index contributed by atoms with van der Waals surface area (Å²) in [5.74, 6) is 1.72. The fourth-order valence-corrected chi connectivity index (χ4v) is 2.92. The highest BCUT2D eigenvalue weighted by Crippen LogP contribution is 2.05. The maximum Gasteiger partial charge on any atom is 0.213 e. The molecule has 0 aliphatic carbocycles. The topological polar surface area (TPSA) is 73.8 Å². The van der Waals surface area contributed by atoms with Gasteiger partial charge in [-0.05, 0) is 32.6 Å². The minimum atomic E-state index is -3.08. The Morgan fingerprint density at radius 3 is 2.33 bits per heavy atom. The quantitative estimate of drug-likeness (QED) is 0.197. The van der Waals surface area contributed by atoms with Crippen LogP contribution in [-0.4, -0.2) is 57.7 Å². The van der Waals surface area contributed by atoms with Crippen molar-refractivity contribution in [2.45, 2.75) is 53.4 Å². The van der Waals surface area contributed by atoms with E-state index in [0.717, 1.165) is 37.8 Å². The first-order chi connectivity index (χ1) is 10.8. The molecule has 0 aromatic rings. The van der Waals surface area contributed by atoms with Gasteiger partial charge in [-0.3, -0.25) is 4.99 Å². The van der Waals surface area contributed by atoms with E-state index in [1.54, 1.807) is 14.0 Å². The van der Waals surface area contributed by atoms with Crippen LogP contribution >= 0.6 is 24.0 Å². The summed E-state index contributed by atoms with van der Waals surface area (Å²) < 4.78 is 24.7. The predicted molar refractivity (Wildman–Crippen MR) is 115 cm³/mol. The molecule has 8 heteroatoms. The summed E-state index contributed by atoms with van der Waals surface area (Å²) in [5, 5.41) is 6.55. The highest BCUT2D eigenvalue weighted by molar-refractivity contribution is 14.0. The van der Waals surface area contributed by atoms with Gasteiger partial charge < -0.3 is 10.6 Å². The van der Waals surface area contributed by atoms with Gasteiger partial charge in [0.2, 0.25) is 10.0 Å². The standard InChI is InChI=1S/C16H36N4O2S.HI/c1-6-17-16(18-12-9-8-11-15(3)4)19-13-10-14-20(5)23(21,22)7-2;/h15H,6-14H2,1-5H3,(H2,17,18,19);1H. The van der Waals surface area contributed by atoms with Gasteiger partial charge in [0.25, 0.3) is 0 Å². The Bertz CT molecular complexity index is 428. The van der Waals surface area contributed by atoms with Gasteiger partial charge >= 0.3 is 0 Å². The van der Waals surface area contributed by atoms with Crippen molar-refractivity contribution in [2.75, 3.05) is 39.0 Å². The fraction of sp³-hybridized carbons (Fsp3) is 0.938. The van der Waals surface area contributed by atoms with Crippen LogP contribution in [0.25, 0.3) is 0 Å². The number of guanidine groups is 1. The van der Waals surface area contributed by atoms with Crippen molar-refractivity contribution < 1.29 is 8.42 Å². The van der Waals surface area contributed by atoms with E-state index >= 15 is 0 Å². The van der Waals surface area contributed by atoms with Crippen molar-refractivity contribution >= 4 is 40.0 Å². The number of unbranched alkanes of at least 4 members (excludes halogenated alkanes) is 1. The van der Waals surface area contributed by atoms with Gasteiger partial charge in [0, 0.05) is 33.2 Å². The molecule has 0 fully saturated rings. The van der Waals surface area contributed by atoms with Gasteiger partial charge in [-0.1, -0.05) is 26.7 Å². The molecule has 0 amide bonds. The molecule has 146 valence electrons. The van der Waals surface area contributed by atoms with Crippen LogP contribution in [0.3, 0.4) is 0 Å². The van der Waals surface area contributed by atoms with Crippen LogP contribution in [0.15, 0.2) is 4.99 Å². The smallest absolute Gasteiger partial charge is 0.213 e. The van der Waals surface area contributed by atoms with Crippen LogP contribution in [-0.2, 0) is 10.0 Å². The van der Waals surface area contributed by atoms with Gasteiger partial charge in [-0.25, -0.2) is 12.7 Å². The van der Waals surface area contributed by atoms with E-state index in [0.29, 0.717) is 13.1 Å². The Morgan fingerprint density at radius 1 is 1.12 bits per heavy atom. The molecular weight excluding hydrogens is 439 g/mol. The van der Waals surface area contributed by atoms with E-state index in [1.807, 2.05) is 6.92 Å². The first kappa shape index (κ1) is 26.1. The Morgan fingerprint density at radius 2 is 1.79 bits per heavy atom. The minimum absolute atomic E-state index is 0. The number of rotatable bonds is 12. The van der Waals surface area contributed by atoms with Gasteiger partial charge in [0.1, 0.15) is 0 Å². The molecular formula is C16H37IN4O2S. The third kappa shape index (κ3) is 13.2. The molecule has 0 atom stereocenters. The maximum atomic E-state index is 11.6. The number of aliphatic imine (C=N–C) groups is 1. The molecule has 0 aliphatic heterocycles. The second kappa shape index (κ2) is 15.2. The van der Waals surface area contributed by atoms with Crippen molar-refractivity contribution in [2.24, 2.45) is 10.9 Å². The molecule has 0 saturated carbocycles. The van der Waals surface area contributed by atoms with Gasteiger partial charge in [0.05, 0.1) is 5.75 Å². The van der Waals surface area contributed by atoms with E-state index in [4.69, 9.17) is 0 Å². The summed E-state index contributed by atoms with van der Waals surface area (Å²) in [6, 6.07) is 0. The molecule has 0 aromatic heterocycles. The monoisotopic (exact) mass is 476 g/mol. The summed E-state index contributed by atoms with van der Waals surface area (Å²) in [4.78, 5) is 4.50. The van der Waals surface area contributed by atoms with Crippen LogP contribution in [0.1, 0.15) is 53.4 Å². The van der Waals surface area contributed by atoms with Gasteiger partial charge in [0.15, 0.2) is 5.96 Å². The number of nitrogens with one attached hydrogen (secondary N) is 2. The Labute approximate surface area is 166 Å². The second-order valence-electron chi connectivity index (χ2n) is 6.15. The van der Waals surface area contributed by atoms with Crippen LogP contribution in [0.4, 0.5) is 0 Å². The lowest BCUT2D eigenvalue weighted by Crippen LogP contribution is -2.38. The van der Waals surface area contributed by atoms with Crippen molar-refractivity contribution in [3.05, 3.63) is 0 Å². The first-order valence-corrected chi connectivity index (χ1v) is 10.4. The van der Waals surface area contributed by atoms with Gasteiger partial charge in [-0.15, -0.1) is 24.0 Å². The third-order valence-electron chi connectivity index (χ3n) is 3.59. The summed E-state index contributed by atoms with van der Waals surface area (Å²) in [6.45, 7) is 11.1. The number of sulfonamides is 1. The molecule has 6 nitrogen and oxygen atoms in total. The third-order valence-corrected chi connectivity index (χ3v) is 5.45. The number of hydrogen-bond donors (Lipinski definition) is 2. The van der Waals surface area contributed by atoms with Gasteiger partial charge in [-0.2, -0.15) is 0 Å². The molecule has 0 bridgehead atoms. The van der Waals surface area contributed by atoms with Crippen molar-refractivity contribution in [1.82, 2.24) is 14.9 Å². The highest BCUT2D eigenvalue weighted by atomic mass is 127. The van der Waals surface area contributed by atoms with E-state index < -0.39 is 10.0 Å². The van der Waals surface area contributed by atoms with E-state index in [-0.39, 0.29) is 29.7 Å². The average molecular weight is 476 g/mol. The number of hydrogen-bond acceptors (Lipinski definition) is 3. The molecule has 0 rings (SSSR count). The van der Waals surface area contributed by atoms with E-state index in [1.165, 1.54) is 17.1 Å². The highest BCUT2D eigenvalue weighted by Gasteiger charge is 2.13. The average Bonchev–Trinajstić information content (AvgIpc) is 2.50. The van der Waals surface area contributed by atoms with Crippen molar-refractivity contribution in [3.8, 4) is 0 Å². The molecule has 0 radical (unpaired) electrons. The Hall–Kier alpha value is -0.0900.